The molecule has 1 atom stereocenters. The summed E-state index contributed by atoms with van der Waals surface area (Å²) in [7, 11) is 0. The third-order valence-corrected chi connectivity index (χ3v) is 4.38. The molecular weight excluding hydrogens is 302 g/mol. The topological polar surface area (TPSA) is 61.4 Å². The van der Waals surface area contributed by atoms with Crippen LogP contribution in [0.15, 0.2) is 12.2 Å². The first-order valence-corrected chi connectivity index (χ1v) is 9.55. The second-order valence-corrected chi connectivity index (χ2v) is 6.61. The van der Waals surface area contributed by atoms with Crippen LogP contribution in [-0.2, 0) is 9.59 Å². The fourth-order valence-corrected chi connectivity index (χ4v) is 2.89. The molecule has 0 aromatic carbocycles. The summed E-state index contributed by atoms with van der Waals surface area (Å²) in [4.78, 5) is 25.6. The number of carbonyl (C=O) groups excluding carboxylic acids is 2. The molecule has 2 amide bonds. The van der Waals surface area contributed by atoms with E-state index < -0.39 is 0 Å². The van der Waals surface area contributed by atoms with E-state index in [1.807, 2.05) is 4.90 Å². The lowest BCUT2D eigenvalue weighted by Crippen LogP contribution is -2.35. The number of carbonyl (C=O) groups is 2. The van der Waals surface area contributed by atoms with E-state index in [1.165, 1.54) is 19.3 Å². The number of nitrogens with zero attached hydrogens (tertiary/aromatic N) is 1. The van der Waals surface area contributed by atoms with Crippen molar-refractivity contribution in [3.8, 4) is 0 Å². The summed E-state index contributed by atoms with van der Waals surface area (Å²) in [6, 6.07) is 0.108. The van der Waals surface area contributed by atoms with Crippen LogP contribution in [0, 0.1) is 0 Å². The Balaban J connectivity index is 2.49. The minimum Gasteiger partial charge on any atom is -0.356 e. The maximum atomic E-state index is 12.1. The molecule has 1 aliphatic heterocycles. The molecule has 0 radical (unpaired) electrons. The van der Waals surface area contributed by atoms with Gasteiger partial charge in [-0.05, 0) is 38.6 Å². The second kappa shape index (κ2) is 13.0. The van der Waals surface area contributed by atoms with Gasteiger partial charge in [-0.3, -0.25) is 9.59 Å². The number of hydrogen-bond donors (Lipinski definition) is 2. The fourth-order valence-electron chi connectivity index (χ4n) is 2.89. The summed E-state index contributed by atoms with van der Waals surface area (Å²) in [6.07, 6.45) is 12.5. The molecule has 1 fully saturated rings. The Kier molecular flexibility index (Phi) is 11.2. The van der Waals surface area contributed by atoms with Crippen LogP contribution in [0.4, 0.5) is 0 Å². The molecule has 1 rings (SSSR count). The van der Waals surface area contributed by atoms with Crippen LogP contribution >= 0.6 is 0 Å². The predicted octanol–water partition coefficient (Wildman–Crippen LogP) is 2.62. The first kappa shape index (κ1) is 20.7. The highest BCUT2D eigenvalue weighted by molar-refractivity contribution is 5.76. The molecule has 0 aromatic rings. The Morgan fingerprint density at radius 3 is 2.75 bits per heavy atom. The lowest BCUT2D eigenvalue weighted by molar-refractivity contribution is -0.129. The standard InChI is InChI=1S/C19H35N3O2/c1-3-4-5-6-7-11-18-16-19(24)21-13-10-15-22(17(2)23)14-9-8-12-20-18/h7,11,18,20H,3-6,8-10,12-16H2,1-2H3,(H,21,24)/b11-7+/t18-/m0/s1. The Hall–Kier alpha value is -1.36. The van der Waals surface area contributed by atoms with Gasteiger partial charge in [-0.1, -0.05) is 31.9 Å². The molecule has 24 heavy (non-hydrogen) atoms. The zero-order valence-corrected chi connectivity index (χ0v) is 15.5. The molecule has 0 aliphatic carbocycles. The van der Waals surface area contributed by atoms with E-state index in [0.29, 0.717) is 13.0 Å². The van der Waals surface area contributed by atoms with Gasteiger partial charge in [0.1, 0.15) is 0 Å². The molecule has 138 valence electrons. The molecule has 0 bridgehead atoms. The van der Waals surface area contributed by atoms with Crippen LogP contribution in [0.3, 0.4) is 0 Å². The average Bonchev–Trinajstić information content (AvgIpc) is 2.56. The predicted molar refractivity (Wildman–Crippen MR) is 98.8 cm³/mol. The van der Waals surface area contributed by atoms with Crippen LogP contribution in [0.1, 0.15) is 65.2 Å². The Labute approximate surface area is 147 Å². The van der Waals surface area contributed by atoms with Gasteiger partial charge in [0.2, 0.25) is 11.8 Å². The van der Waals surface area contributed by atoms with Crippen molar-refractivity contribution in [1.82, 2.24) is 15.5 Å². The van der Waals surface area contributed by atoms with Gasteiger partial charge in [-0.2, -0.15) is 0 Å². The normalized spacial score (nSPS) is 21.7. The SMILES string of the molecule is CCCCC/C=C/[C@H]1CC(=O)NCCCN(C(C)=O)CCCCN1. The van der Waals surface area contributed by atoms with Gasteiger partial charge in [0, 0.05) is 39.0 Å². The number of unbranched alkanes of at least 4 members (excludes halogenated alkanes) is 3. The van der Waals surface area contributed by atoms with Crippen molar-refractivity contribution in [2.75, 3.05) is 26.2 Å². The Morgan fingerprint density at radius 1 is 1.21 bits per heavy atom. The maximum absolute atomic E-state index is 12.1. The highest BCUT2D eigenvalue weighted by Crippen LogP contribution is 2.04. The second-order valence-electron chi connectivity index (χ2n) is 6.61. The zero-order valence-electron chi connectivity index (χ0n) is 15.5. The molecule has 1 saturated heterocycles. The van der Waals surface area contributed by atoms with Crippen LogP contribution < -0.4 is 10.6 Å². The number of nitrogens with one attached hydrogen (secondary N) is 2. The van der Waals surface area contributed by atoms with Crippen LogP contribution in [-0.4, -0.2) is 48.9 Å². The highest BCUT2D eigenvalue weighted by atomic mass is 16.2. The molecule has 2 N–H and O–H groups in total. The summed E-state index contributed by atoms with van der Waals surface area (Å²) in [5, 5.41) is 6.44. The van der Waals surface area contributed by atoms with Gasteiger partial charge in [0.05, 0.1) is 0 Å². The summed E-state index contributed by atoms with van der Waals surface area (Å²) in [5.41, 5.74) is 0. The van der Waals surface area contributed by atoms with Gasteiger partial charge in [-0.15, -0.1) is 0 Å². The van der Waals surface area contributed by atoms with E-state index >= 15 is 0 Å². The minimum atomic E-state index is 0.0827. The highest BCUT2D eigenvalue weighted by Gasteiger charge is 2.13. The summed E-state index contributed by atoms with van der Waals surface area (Å²) in [5.74, 6) is 0.205. The summed E-state index contributed by atoms with van der Waals surface area (Å²) in [6.45, 7) is 6.87. The van der Waals surface area contributed by atoms with Crippen molar-refractivity contribution in [1.29, 1.82) is 0 Å². The Morgan fingerprint density at radius 2 is 2.00 bits per heavy atom. The molecule has 0 saturated carbocycles. The van der Waals surface area contributed by atoms with Crippen molar-refractivity contribution in [2.45, 2.75) is 71.3 Å². The van der Waals surface area contributed by atoms with Gasteiger partial charge in [-0.25, -0.2) is 0 Å². The van der Waals surface area contributed by atoms with Crippen molar-refractivity contribution >= 4 is 11.8 Å². The van der Waals surface area contributed by atoms with Crippen LogP contribution in [0.25, 0.3) is 0 Å². The van der Waals surface area contributed by atoms with Gasteiger partial charge >= 0.3 is 0 Å². The van der Waals surface area contributed by atoms with Crippen LogP contribution in [0.5, 0.6) is 0 Å². The summed E-state index contributed by atoms with van der Waals surface area (Å²) < 4.78 is 0. The fraction of sp³-hybridized carbons (Fsp3) is 0.789. The number of hydrogen-bond acceptors (Lipinski definition) is 3. The molecule has 1 aliphatic rings. The number of amides is 2. The molecule has 0 unspecified atom stereocenters. The maximum Gasteiger partial charge on any atom is 0.221 e. The van der Waals surface area contributed by atoms with Crippen molar-refractivity contribution < 1.29 is 9.59 Å². The van der Waals surface area contributed by atoms with E-state index in [-0.39, 0.29) is 17.9 Å². The third kappa shape index (κ3) is 9.71. The summed E-state index contributed by atoms with van der Waals surface area (Å²) >= 11 is 0. The Bertz CT molecular complexity index is 396. The number of rotatable bonds is 5. The largest absolute Gasteiger partial charge is 0.356 e. The molecule has 0 spiro atoms. The first-order valence-electron chi connectivity index (χ1n) is 9.55. The molecular formula is C19H35N3O2. The quantitative estimate of drug-likeness (QED) is 0.599. The zero-order chi connectivity index (χ0) is 17.6. The van der Waals surface area contributed by atoms with E-state index in [0.717, 1.165) is 45.3 Å². The van der Waals surface area contributed by atoms with E-state index in [9.17, 15) is 9.59 Å². The van der Waals surface area contributed by atoms with Crippen molar-refractivity contribution in [3.05, 3.63) is 12.2 Å². The first-order chi connectivity index (χ1) is 11.6. The van der Waals surface area contributed by atoms with Crippen LogP contribution in [0.2, 0.25) is 0 Å². The van der Waals surface area contributed by atoms with E-state index in [1.54, 1.807) is 6.92 Å². The molecule has 5 heteroatoms. The van der Waals surface area contributed by atoms with E-state index in [4.69, 9.17) is 0 Å². The van der Waals surface area contributed by atoms with Gasteiger partial charge in [0.15, 0.2) is 0 Å². The average molecular weight is 338 g/mol. The molecule has 5 nitrogen and oxygen atoms in total. The van der Waals surface area contributed by atoms with Gasteiger partial charge < -0.3 is 15.5 Å². The van der Waals surface area contributed by atoms with E-state index in [2.05, 4.69) is 29.7 Å². The molecule has 1 heterocycles. The lowest BCUT2D eigenvalue weighted by Gasteiger charge is -2.20. The molecule has 0 aromatic heterocycles. The van der Waals surface area contributed by atoms with Gasteiger partial charge in [0.25, 0.3) is 0 Å². The lowest BCUT2D eigenvalue weighted by atomic mass is 10.1. The van der Waals surface area contributed by atoms with Crippen molar-refractivity contribution in [2.24, 2.45) is 0 Å². The van der Waals surface area contributed by atoms with Crippen molar-refractivity contribution in [3.63, 3.8) is 0 Å². The smallest absolute Gasteiger partial charge is 0.221 e. The third-order valence-electron chi connectivity index (χ3n) is 4.38. The number of allylic oxidation sites excluding steroid dienone is 1. The minimum absolute atomic E-state index is 0.0827. The monoisotopic (exact) mass is 337 g/mol.